The fraction of sp³-hybridized carbons (Fsp3) is 0.250. The molecule has 1 fully saturated rings. The first-order valence-electron chi connectivity index (χ1n) is 10.6. The van der Waals surface area contributed by atoms with E-state index >= 15 is 0 Å². The van der Waals surface area contributed by atoms with Gasteiger partial charge in [0.1, 0.15) is 9.04 Å². The monoisotopic (exact) mass is 477 g/mol. The third-order valence-electron chi connectivity index (χ3n) is 6.00. The number of hydrogen-bond acceptors (Lipinski definition) is 7. The molecule has 168 valence electrons. The second kappa shape index (κ2) is 8.64. The van der Waals surface area contributed by atoms with Gasteiger partial charge in [-0.1, -0.05) is 12.5 Å². The van der Waals surface area contributed by atoms with Crippen molar-refractivity contribution in [2.45, 2.75) is 28.7 Å². The topological polar surface area (TPSA) is 92.7 Å². The molecule has 4 aromatic rings. The first-order valence-corrected chi connectivity index (χ1v) is 12.6. The molecular formula is C24H23N5O2S2. The van der Waals surface area contributed by atoms with Crippen LogP contribution in [-0.4, -0.2) is 49.3 Å². The van der Waals surface area contributed by atoms with Crippen molar-refractivity contribution in [3.8, 4) is 28.3 Å². The Balaban J connectivity index is 1.75. The van der Waals surface area contributed by atoms with Crippen molar-refractivity contribution < 1.29 is 9.32 Å². The number of nitrogens with zero attached hydrogens (tertiary/aromatic N) is 5. The van der Waals surface area contributed by atoms with Crippen molar-refractivity contribution in [3.63, 3.8) is 0 Å². The van der Waals surface area contributed by atoms with Crippen LogP contribution in [0.25, 0.3) is 32.7 Å². The van der Waals surface area contributed by atoms with Gasteiger partial charge >= 0.3 is 0 Å². The van der Waals surface area contributed by atoms with Gasteiger partial charge in [-0.15, -0.1) is 11.3 Å². The van der Waals surface area contributed by atoms with Gasteiger partial charge in [-0.05, 0) is 43.8 Å². The van der Waals surface area contributed by atoms with Crippen molar-refractivity contribution in [1.82, 2.24) is 14.8 Å². The number of thiophene rings is 1. The number of aliphatic imine (C=N–C) groups is 2. The predicted octanol–water partition coefficient (Wildman–Crippen LogP) is 5.11. The van der Waals surface area contributed by atoms with Crippen LogP contribution in [0.15, 0.2) is 50.7 Å². The summed E-state index contributed by atoms with van der Waals surface area (Å²) in [6.45, 7) is 3.64. The number of benzene rings is 1. The standard InChI is InChI=1S/C24H23N5O2S2/c1-25-13-15-11-14(7-8-18(15)26-2)19-12-17(20-9-10-27-29(20)3)21-22(30)24(32-23(21)28-19)33(31)16-5-4-6-16/h7-13,16,30H,2,4-6H2,1,3H3/t33-/m1/s1. The van der Waals surface area contributed by atoms with Crippen LogP contribution in [0.5, 0.6) is 5.75 Å². The highest BCUT2D eigenvalue weighted by Gasteiger charge is 2.30. The van der Waals surface area contributed by atoms with Crippen LogP contribution in [0.4, 0.5) is 5.69 Å². The van der Waals surface area contributed by atoms with Crippen LogP contribution >= 0.6 is 11.3 Å². The lowest BCUT2D eigenvalue weighted by Gasteiger charge is -2.23. The molecule has 3 aromatic heterocycles. The van der Waals surface area contributed by atoms with E-state index in [4.69, 9.17) is 4.98 Å². The molecule has 0 bridgehead atoms. The zero-order chi connectivity index (χ0) is 23.1. The lowest BCUT2D eigenvalue weighted by Crippen LogP contribution is -2.22. The highest BCUT2D eigenvalue weighted by molar-refractivity contribution is 7.88. The van der Waals surface area contributed by atoms with Gasteiger partial charge in [0.05, 0.1) is 33.3 Å². The second-order valence-electron chi connectivity index (χ2n) is 7.98. The molecule has 1 aromatic carbocycles. The molecule has 1 saturated carbocycles. The van der Waals surface area contributed by atoms with E-state index in [1.54, 1.807) is 24.1 Å². The first kappa shape index (κ1) is 21.7. The predicted molar refractivity (Wildman–Crippen MR) is 136 cm³/mol. The lowest BCUT2D eigenvalue weighted by atomic mass is 10.0. The van der Waals surface area contributed by atoms with Gasteiger partial charge in [-0.2, -0.15) is 5.10 Å². The third-order valence-corrected chi connectivity index (χ3v) is 9.25. The maximum atomic E-state index is 13.1. The molecule has 7 nitrogen and oxygen atoms in total. The van der Waals surface area contributed by atoms with Crippen LogP contribution in [-0.2, 0) is 17.8 Å². The summed E-state index contributed by atoms with van der Waals surface area (Å²) in [6, 6.07) is 9.65. The number of rotatable bonds is 6. The summed E-state index contributed by atoms with van der Waals surface area (Å²) in [5.74, 6) is 0.0699. The molecule has 1 atom stereocenters. The Hall–Kier alpha value is -3.17. The van der Waals surface area contributed by atoms with Crippen molar-refractivity contribution >= 4 is 51.0 Å². The number of aryl methyl sites for hydroxylation is 1. The van der Waals surface area contributed by atoms with E-state index in [0.717, 1.165) is 53.0 Å². The Morgan fingerprint density at radius 1 is 1.30 bits per heavy atom. The van der Waals surface area contributed by atoms with Crippen LogP contribution in [0.3, 0.4) is 0 Å². The molecule has 0 saturated heterocycles. The Morgan fingerprint density at radius 2 is 2.12 bits per heavy atom. The van der Waals surface area contributed by atoms with E-state index in [-0.39, 0.29) is 11.0 Å². The summed E-state index contributed by atoms with van der Waals surface area (Å²) >= 11 is 1.31. The quantitative estimate of drug-likeness (QED) is 0.391. The average molecular weight is 478 g/mol. The molecule has 1 aliphatic rings. The van der Waals surface area contributed by atoms with Crippen molar-refractivity contribution in [1.29, 1.82) is 0 Å². The van der Waals surface area contributed by atoms with Crippen LogP contribution < -0.4 is 0 Å². The number of aromatic nitrogens is 3. The fourth-order valence-corrected chi connectivity index (χ4v) is 7.18. The molecule has 3 heterocycles. The lowest BCUT2D eigenvalue weighted by molar-refractivity contribution is 0.468. The number of pyridine rings is 1. The van der Waals surface area contributed by atoms with Gasteiger partial charge in [0, 0.05) is 48.4 Å². The normalized spacial score (nSPS) is 15.2. The Morgan fingerprint density at radius 3 is 2.76 bits per heavy atom. The smallest absolute Gasteiger partial charge is 0.152 e. The number of aromatic hydroxyl groups is 1. The van der Waals surface area contributed by atoms with Gasteiger partial charge in [-0.3, -0.25) is 18.9 Å². The van der Waals surface area contributed by atoms with Gasteiger partial charge in [0.25, 0.3) is 0 Å². The summed E-state index contributed by atoms with van der Waals surface area (Å²) < 4.78 is 15.4. The van der Waals surface area contributed by atoms with Crippen molar-refractivity contribution in [2.75, 3.05) is 7.05 Å². The second-order valence-corrected chi connectivity index (χ2v) is 10.9. The average Bonchev–Trinajstić information content (AvgIpc) is 3.35. The molecule has 33 heavy (non-hydrogen) atoms. The SMILES string of the molecule is C=Nc1ccc(-c2cc(-c3ccnn3C)c3c(O)c([S@](=O)C4CCC4)sc3n2)cc1C=NC. The minimum Gasteiger partial charge on any atom is -0.505 e. The molecule has 0 unspecified atom stereocenters. The number of fused-ring (bicyclic) bond motifs is 1. The van der Waals surface area contributed by atoms with Crippen molar-refractivity contribution in [2.24, 2.45) is 17.0 Å². The van der Waals surface area contributed by atoms with Crippen LogP contribution in [0.1, 0.15) is 24.8 Å². The van der Waals surface area contributed by atoms with Gasteiger partial charge < -0.3 is 5.11 Å². The highest BCUT2D eigenvalue weighted by Crippen LogP contribution is 2.46. The van der Waals surface area contributed by atoms with Gasteiger partial charge in [0.15, 0.2) is 5.75 Å². The number of hydrogen-bond donors (Lipinski definition) is 1. The zero-order valence-electron chi connectivity index (χ0n) is 18.4. The van der Waals surface area contributed by atoms with Gasteiger partial charge in [-0.25, -0.2) is 4.98 Å². The molecule has 5 rings (SSSR count). The van der Waals surface area contributed by atoms with E-state index in [0.29, 0.717) is 14.4 Å². The minimum atomic E-state index is -1.24. The van der Waals surface area contributed by atoms with Crippen LogP contribution in [0, 0.1) is 0 Å². The Labute approximate surface area is 198 Å². The molecule has 1 aliphatic carbocycles. The molecule has 1 N–H and O–H groups in total. The van der Waals surface area contributed by atoms with E-state index in [2.05, 4.69) is 21.8 Å². The maximum absolute atomic E-state index is 13.1. The van der Waals surface area contributed by atoms with Crippen LogP contribution in [0.2, 0.25) is 0 Å². The Kier molecular flexibility index (Phi) is 5.67. The summed E-state index contributed by atoms with van der Waals surface area (Å²) in [6.07, 6.45) is 6.41. The molecule has 0 spiro atoms. The zero-order valence-corrected chi connectivity index (χ0v) is 20.0. The van der Waals surface area contributed by atoms with E-state index < -0.39 is 10.8 Å². The third kappa shape index (κ3) is 3.71. The Bertz CT molecular complexity index is 1430. The molecule has 0 radical (unpaired) electrons. The summed E-state index contributed by atoms with van der Waals surface area (Å²) in [5, 5.41) is 16.2. The summed E-state index contributed by atoms with van der Waals surface area (Å²) in [7, 11) is 2.33. The fourth-order valence-electron chi connectivity index (χ4n) is 4.02. The van der Waals surface area contributed by atoms with E-state index in [9.17, 15) is 9.32 Å². The first-order chi connectivity index (χ1) is 16.0. The molecule has 0 aliphatic heterocycles. The summed E-state index contributed by atoms with van der Waals surface area (Å²) in [5.41, 5.74) is 4.85. The summed E-state index contributed by atoms with van der Waals surface area (Å²) in [4.78, 5) is 13.7. The minimum absolute atomic E-state index is 0.0699. The largest absolute Gasteiger partial charge is 0.505 e. The van der Waals surface area contributed by atoms with Crippen molar-refractivity contribution in [3.05, 3.63) is 42.1 Å². The van der Waals surface area contributed by atoms with Gasteiger partial charge in [0.2, 0.25) is 0 Å². The highest BCUT2D eigenvalue weighted by atomic mass is 32.2. The molecular weight excluding hydrogens is 454 g/mol. The maximum Gasteiger partial charge on any atom is 0.152 e. The van der Waals surface area contributed by atoms with E-state index in [1.807, 2.05) is 37.4 Å². The molecule has 9 heteroatoms. The van der Waals surface area contributed by atoms with E-state index in [1.165, 1.54) is 11.3 Å². The molecule has 0 amide bonds.